The number of carbonyl (C=O) groups is 16. The van der Waals surface area contributed by atoms with Crippen LogP contribution in [0.5, 0.6) is 0 Å². The van der Waals surface area contributed by atoms with Gasteiger partial charge in [0.25, 0.3) is 0 Å². The Morgan fingerprint density at radius 2 is 0.705 bits per heavy atom. The molecule has 0 aliphatic heterocycles. The van der Waals surface area contributed by atoms with Gasteiger partial charge in [-0.15, -0.1) is 0 Å². The van der Waals surface area contributed by atoms with Gasteiger partial charge in [0.2, 0.25) is 88.6 Å². The average Bonchev–Trinajstić information content (AvgIpc) is 1.21. The molecule has 43 heteroatoms. The zero-order valence-corrected chi connectivity index (χ0v) is 72.4. The van der Waals surface area contributed by atoms with Gasteiger partial charge >= 0.3 is 5.97 Å². The number of aromatic amines is 1. The summed E-state index contributed by atoms with van der Waals surface area (Å²) < 4.78 is 0. The number of H-pyrrole nitrogens is 1. The first-order valence-electron chi connectivity index (χ1n) is 41.7. The van der Waals surface area contributed by atoms with E-state index in [0.717, 1.165) is 0 Å². The maximum atomic E-state index is 14.4. The number of hydrogen-bond donors (Lipinski definition) is 25. The van der Waals surface area contributed by atoms with Crippen molar-refractivity contribution in [2.45, 2.75) is 268 Å². The van der Waals surface area contributed by atoms with Gasteiger partial charge in [-0.1, -0.05) is 64.4 Å². The van der Waals surface area contributed by atoms with Crippen molar-refractivity contribution in [3.8, 4) is 0 Å². The zero-order chi connectivity index (χ0) is 91.4. The second-order valence-corrected chi connectivity index (χ2v) is 31.9. The Morgan fingerprint density at radius 3 is 1.13 bits per heavy atom. The van der Waals surface area contributed by atoms with Gasteiger partial charge in [0.1, 0.15) is 84.6 Å². The minimum absolute atomic E-state index is 0.00981. The first-order valence-corrected chi connectivity index (χ1v) is 43.1. The molecule has 0 unspecified atom stereocenters. The molecule has 2 rings (SSSR count). The molecule has 0 radical (unpaired) electrons. The van der Waals surface area contributed by atoms with Crippen molar-refractivity contribution in [1.82, 2.24) is 89.7 Å². The van der Waals surface area contributed by atoms with Crippen LogP contribution in [0.1, 0.15) is 175 Å². The van der Waals surface area contributed by atoms with Crippen LogP contribution >= 0.6 is 11.8 Å². The molecule has 0 saturated heterocycles. The van der Waals surface area contributed by atoms with Crippen LogP contribution in [0.2, 0.25) is 0 Å². The highest BCUT2D eigenvalue weighted by molar-refractivity contribution is 7.98. The first-order chi connectivity index (χ1) is 58.0. The summed E-state index contributed by atoms with van der Waals surface area (Å²) in [5, 5.41) is 68.5. The molecule has 15 atom stereocenters. The molecule has 42 nitrogen and oxygen atoms in total. The normalized spacial score (nSPS) is 14.9. The summed E-state index contributed by atoms with van der Waals surface area (Å²) in [6, 6.07) is -11.6. The Bertz CT molecular complexity index is 3590. The fraction of sp³-hybridized carbons (Fsp3) is 0.684. The number of carbonyl (C=O) groups excluding carboxylic acids is 15. The van der Waals surface area contributed by atoms with Crippen molar-refractivity contribution < 1.29 is 92.0 Å². The predicted octanol–water partition coefficient (Wildman–Crippen LogP) is -5.96. The molecule has 2 aromatic rings. The Balaban J connectivity index is 2.32. The minimum Gasteiger partial charge on any atom is -0.480 e. The van der Waals surface area contributed by atoms with Crippen LogP contribution in [0.15, 0.2) is 42.9 Å². The van der Waals surface area contributed by atoms with Gasteiger partial charge in [-0.05, 0) is 192 Å². The highest BCUT2D eigenvalue weighted by Gasteiger charge is 2.38. The molecule has 122 heavy (non-hydrogen) atoms. The highest BCUT2D eigenvalue weighted by Crippen LogP contribution is 2.15. The summed E-state index contributed by atoms with van der Waals surface area (Å²) in [6.45, 7) is 9.54. The number of carboxylic acids is 1. The van der Waals surface area contributed by atoms with Crippen LogP contribution in [0.3, 0.4) is 0 Å². The van der Waals surface area contributed by atoms with Crippen LogP contribution in [0, 0.1) is 11.8 Å². The van der Waals surface area contributed by atoms with Crippen LogP contribution in [-0.2, 0) is 89.6 Å². The predicted molar refractivity (Wildman–Crippen MR) is 456 cm³/mol. The molecule has 0 saturated carbocycles. The monoisotopic (exact) mass is 1740 g/mol. The summed E-state index contributed by atoms with van der Waals surface area (Å²) in [4.78, 5) is 227. The number of unbranched alkanes of at least 4 members (excludes halogenated alkanes) is 5. The number of aliphatic hydroxyl groups is 2. The molecule has 1 heterocycles. The third-order valence-corrected chi connectivity index (χ3v) is 20.0. The van der Waals surface area contributed by atoms with Gasteiger partial charge < -0.3 is 134 Å². The van der Waals surface area contributed by atoms with Crippen molar-refractivity contribution in [1.29, 1.82) is 0 Å². The Kier molecular flexibility index (Phi) is 53.6. The smallest absolute Gasteiger partial charge is 0.326 e. The standard InChI is InChI=1S/C79H137N23O19S/c1-45(2)36-58(99-76(117)60(38-50-22-10-9-11-23-50)97-68(109)52(85)24-12-17-30-80)73(114)89-47(5)65(106)93-56(29-35-122-8)72(113)102-63(43-104)78(119)95-55(27-15-20-33-83)71(112)94-53(25-13-18-31-81)69(110)87-41-64(105)92-54(26-14-19-32-82)70(111)98-59(37-46(3)4)75(116)100-61(39-51-40-86-44-88-51)74(115)90-49(7)67(108)101-62(42-103)77(118)91-48(6)66(107)96-57(79(120)121)28-16-21-34-84/h9-11,22-23,40,44-49,52-63,103-104H,12-21,24-39,41-43,80-85H2,1-8H3,(H,86,88)(H,87,110)(H,89,114)(H,90,115)(H,91,118)(H,92,105)(H,93,106)(H,94,112)(H,95,119)(H,96,107)(H,97,109)(H,98,111)(H,99,117)(H,100,116)(H,101,108)(H,102,113)(H,120,121)/t47-,48-,49-,52-,53-,54-,55-,56-,57-,58-,59-,60-,61-,62-,63-/m0/s1. The number of hydrogen-bond acceptors (Lipinski definition) is 26. The lowest BCUT2D eigenvalue weighted by atomic mass is 10.0. The van der Waals surface area contributed by atoms with Crippen LogP contribution in [0.4, 0.5) is 0 Å². The number of aliphatic carboxylic acids is 1. The Morgan fingerprint density at radius 1 is 0.377 bits per heavy atom. The molecular formula is C79H137N23O19S. The van der Waals surface area contributed by atoms with Gasteiger partial charge in [-0.3, -0.25) is 71.9 Å². The van der Waals surface area contributed by atoms with Crippen molar-refractivity contribution in [2.24, 2.45) is 46.2 Å². The molecular weight excluding hydrogens is 1610 g/mol. The number of nitrogens with zero attached hydrogens (tertiary/aromatic N) is 1. The van der Waals surface area contributed by atoms with Gasteiger partial charge in [0, 0.05) is 24.7 Å². The molecule has 0 aliphatic carbocycles. The number of amides is 15. The maximum Gasteiger partial charge on any atom is 0.326 e. The Hall–Kier alpha value is -10.0. The zero-order valence-electron chi connectivity index (χ0n) is 71.6. The van der Waals surface area contributed by atoms with E-state index >= 15 is 0 Å². The fourth-order valence-corrected chi connectivity index (χ4v) is 12.8. The number of thioether (sulfide) groups is 1. The molecule has 0 bridgehead atoms. The number of carboxylic acid groups (broad SMARTS) is 1. The summed E-state index contributed by atoms with van der Waals surface area (Å²) in [6.07, 6.45) is 8.69. The summed E-state index contributed by atoms with van der Waals surface area (Å²) >= 11 is 1.32. The van der Waals surface area contributed by atoms with Crippen LogP contribution < -0.4 is 114 Å². The molecule has 0 aliphatic rings. The van der Waals surface area contributed by atoms with E-state index in [9.17, 15) is 92.0 Å². The minimum atomic E-state index is -1.73. The van der Waals surface area contributed by atoms with E-state index in [2.05, 4.69) is 89.7 Å². The van der Waals surface area contributed by atoms with Gasteiger partial charge in [-0.2, -0.15) is 11.8 Å². The third kappa shape index (κ3) is 42.7. The maximum absolute atomic E-state index is 14.4. The van der Waals surface area contributed by atoms with Crippen molar-refractivity contribution in [2.75, 3.05) is 64.5 Å². The lowest BCUT2D eigenvalue weighted by Crippen LogP contribution is -2.60. The molecule has 1 aromatic heterocycles. The van der Waals surface area contributed by atoms with Gasteiger partial charge in [0.05, 0.1) is 32.1 Å². The van der Waals surface area contributed by atoms with Crippen molar-refractivity contribution in [3.63, 3.8) is 0 Å². The van der Waals surface area contributed by atoms with E-state index in [1.165, 1.54) is 45.1 Å². The van der Waals surface area contributed by atoms with Crippen molar-refractivity contribution >= 4 is 106 Å². The first kappa shape index (κ1) is 108. The van der Waals surface area contributed by atoms with Crippen LogP contribution in [0.25, 0.3) is 0 Å². The second-order valence-electron chi connectivity index (χ2n) is 30.9. The SMILES string of the molecule is CSCC[C@H](NC(=O)[C@H](C)NC(=O)[C@H](CC(C)C)NC(=O)[C@H](Cc1ccccc1)NC(=O)[C@@H](N)CCCCN)C(=O)N[C@@H](CO)C(=O)N[C@@H](CCCCN)C(=O)N[C@@H](CCCCN)C(=O)NCC(=O)N[C@@H](CCCCN)C(=O)N[C@@H](CC(C)C)C(=O)N[C@@H](Cc1cnc[nH]1)C(=O)N[C@@H](C)C(=O)N[C@@H](CO)C(=O)N[C@@H](C)C(=O)N[C@@H](CCCCN)C(=O)O. The Labute approximate surface area is 717 Å². The molecule has 1 aromatic carbocycles. The molecule has 688 valence electrons. The van der Waals surface area contributed by atoms with E-state index < -0.39 is 205 Å². The summed E-state index contributed by atoms with van der Waals surface area (Å²) in [7, 11) is 0. The molecule has 15 amide bonds. The molecule has 31 N–H and O–H groups in total. The lowest BCUT2D eigenvalue weighted by Gasteiger charge is -2.27. The quantitative estimate of drug-likeness (QED) is 0.0274. The van der Waals surface area contributed by atoms with Crippen LogP contribution in [-0.4, -0.2) is 275 Å². The summed E-state index contributed by atoms with van der Waals surface area (Å²) in [5.74, 6) is -14.5. The number of nitrogens with one attached hydrogen (secondary N) is 16. The lowest BCUT2D eigenvalue weighted by molar-refractivity contribution is -0.142. The van der Waals surface area contributed by atoms with E-state index in [-0.39, 0.29) is 109 Å². The molecule has 0 fully saturated rings. The van der Waals surface area contributed by atoms with Gasteiger partial charge in [0.15, 0.2) is 0 Å². The van der Waals surface area contributed by atoms with E-state index in [1.807, 2.05) is 13.8 Å². The number of rotatable bonds is 64. The average molecular weight is 1750 g/mol. The number of benzene rings is 1. The van der Waals surface area contributed by atoms with E-state index in [0.29, 0.717) is 81.5 Å². The largest absolute Gasteiger partial charge is 0.480 e. The second kappa shape index (κ2) is 60.5. The number of imidazole rings is 1. The fourth-order valence-electron chi connectivity index (χ4n) is 12.3. The van der Waals surface area contributed by atoms with Crippen molar-refractivity contribution in [3.05, 3.63) is 54.1 Å². The van der Waals surface area contributed by atoms with E-state index in [1.54, 1.807) is 50.4 Å². The number of aromatic nitrogens is 2. The summed E-state index contributed by atoms with van der Waals surface area (Å²) in [5.41, 5.74) is 35.8. The molecule has 0 spiro atoms. The topological polar surface area (TPSA) is 699 Å². The number of nitrogens with two attached hydrogens (primary N) is 6. The third-order valence-electron chi connectivity index (χ3n) is 19.4. The highest BCUT2D eigenvalue weighted by atomic mass is 32.2. The van der Waals surface area contributed by atoms with Gasteiger partial charge in [-0.25, -0.2) is 9.78 Å². The van der Waals surface area contributed by atoms with E-state index in [4.69, 9.17) is 34.4 Å². The number of aliphatic hydroxyl groups excluding tert-OH is 2.